The first-order valence-electron chi connectivity index (χ1n) is 8.16. The topological polar surface area (TPSA) is 19.4 Å². The van der Waals surface area contributed by atoms with Crippen LogP contribution in [0.15, 0.2) is 48.7 Å². The van der Waals surface area contributed by atoms with E-state index in [1.807, 2.05) is 6.20 Å². The summed E-state index contributed by atoms with van der Waals surface area (Å²) in [5.74, 6) is 1.10. The first-order chi connectivity index (χ1) is 10.8. The molecule has 0 saturated carbocycles. The van der Waals surface area contributed by atoms with Crippen molar-refractivity contribution in [2.45, 2.75) is 31.8 Å². The number of anilines is 1. The third-order valence-corrected chi connectivity index (χ3v) is 4.44. The lowest BCUT2D eigenvalue weighted by molar-refractivity contribution is 0.140. The zero-order chi connectivity index (χ0) is 15.4. The van der Waals surface area contributed by atoms with Crippen molar-refractivity contribution in [1.82, 2.24) is 9.88 Å². The molecule has 0 amide bonds. The average Bonchev–Trinajstić information content (AvgIpc) is 2.56. The van der Waals surface area contributed by atoms with E-state index in [0.717, 1.165) is 12.4 Å². The van der Waals surface area contributed by atoms with E-state index in [1.165, 1.54) is 36.9 Å². The molecule has 3 rings (SSSR count). The zero-order valence-corrected chi connectivity index (χ0v) is 13.6. The minimum atomic E-state index is 0.472. The molecule has 0 bridgehead atoms. The number of aromatic nitrogens is 1. The van der Waals surface area contributed by atoms with Crippen molar-refractivity contribution in [3.63, 3.8) is 0 Å². The molecule has 22 heavy (non-hydrogen) atoms. The van der Waals surface area contributed by atoms with Gasteiger partial charge in [-0.15, -0.1) is 0 Å². The predicted octanol–water partition coefficient (Wildman–Crippen LogP) is 3.87. The van der Waals surface area contributed by atoms with Gasteiger partial charge < -0.3 is 4.90 Å². The van der Waals surface area contributed by atoms with Crippen molar-refractivity contribution in [3.05, 3.63) is 59.8 Å². The van der Waals surface area contributed by atoms with E-state index in [-0.39, 0.29) is 0 Å². The Morgan fingerprint density at radius 2 is 1.91 bits per heavy atom. The van der Waals surface area contributed by atoms with E-state index in [9.17, 15) is 0 Å². The Morgan fingerprint density at radius 1 is 1.09 bits per heavy atom. The molecule has 1 atom stereocenters. The molecule has 1 aromatic heterocycles. The van der Waals surface area contributed by atoms with Gasteiger partial charge in [-0.05, 0) is 31.0 Å². The lowest BCUT2D eigenvalue weighted by Crippen LogP contribution is -2.34. The number of rotatable bonds is 4. The highest BCUT2D eigenvalue weighted by atomic mass is 15.2. The van der Waals surface area contributed by atoms with Crippen LogP contribution in [0.2, 0.25) is 0 Å². The molecule has 0 aliphatic carbocycles. The van der Waals surface area contributed by atoms with Crippen LogP contribution in [0.4, 0.5) is 5.82 Å². The van der Waals surface area contributed by atoms with Crippen LogP contribution in [0.25, 0.3) is 0 Å². The van der Waals surface area contributed by atoms with Crippen LogP contribution in [0, 0.1) is 0 Å². The van der Waals surface area contributed by atoms with Gasteiger partial charge in [0.25, 0.3) is 0 Å². The first-order valence-corrected chi connectivity index (χ1v) is 8.16. The van der Waals surface area contributed by atoms with E-state index >= 15 is 0 Å². The largest absolute Gasteiger partial charge is 0.362 e. The van der Waals surface area contributed by atoms with E-state index in [1.54, 1.807) is 0 Å². The number of likely N-dealkylation sites (tertiary alicyclic amines) is 1. The minimum absolute atomic E-state index is 0.472. The van der Waals surface area contributed by atoms with Crippen LogP contribution in [-0.2, 0) is 6.54 Å². The highest BCUT2D eigenvalue weighted by molar-refractivity contribution is 5.47. The molecular weight excluding hydrogens is 270 g/mol. The molecule has 0 radical (unpaired) electrons. The monoisotopic (exact) mass is 295 g/mol. The fourth-order valence-corrected chi connectivity index (χ4v) is 3.39. The Kier molecular flexibility index (Phi) is 4.74. The molecule has 116 valence electrons. The van der Waals surface area contributed by atoms with Crippen molar-refractivity contribution in [3.8, 4) is 0 Å². The Morgan fingerprint density at radius 3 is 2.68 bits per heavy atom. The smallest absolute Gasteiger partial charge is 0.132 e. The van der Waals surface area contributed by atoms with Gasteiger partial charge in [-0.1, -0.05) is 42.8 Å². The number of benzene rings is 1. The van der Waals surface area contributed by atoms with Crippen LogP contribution >= 0.6 is 0 Å². The van der Waals surface area contributed by atoms with Gasteiger partial charge in [0.1, 0.15) is 5.82 Å². The van der Waals surface area contributed by atoms with E-state index < -0.39 is 0 Å². The number of piperidine rings is 1. The van der Waals surface area contributed by atoms with Crippen LogP contribution < -0.4 is 4.90 Å². The second kappa shape index (κ2) is 6.93. The van der Waals surface area contributed by atoms with Gasteiger partial charge in [0, 0.05) is 38.4 Å². The Bertz CT molecular complexity index is 595. The summed E-state index contributed by atoms with van der Waals surface area (Å²) in [6, 6.07) is 15.6. The van der Waals surface area contributed by atoms with Crippen molar-refractivity contribution in [2.75, 3.05) is 25.5 Å². The average molecular weight is 295 g/mol. The molecule has 0 spiro atoms. The highest BCUT2D eigenvalue weighted by Gasteiger charge is 2.26. The highest BCUT2D eigenvalue weighted by Crippen LogP contribution is 2.35. The third-order valence-electron chi connectivity index (χ3n) is 4.44. The molecule has 1 aliphatic rings. The Balaban J connectivity index is 1.87. The SMILES string of the molecule is CN(C)c1ncccc1C1CCCCN1Cc1ccccc1. The van der Waals surface area contributed by atoms with Gasteiger partial charge in [-0.25, -0.2) is 4.98 Å². The molecule has 2 heterocycles. The fourth-order valence-electron chi connectivity index (χ4n) is 3.39. The second-order valence-electron chi connectivity index (χ2n) is 6.28. The lowest BCUT2D eigenvalue weighted by Gasteiger charge is -2.37. The van der Waals surface area contributed by atoms with Gasteiger partial charge in [-0.3, -0.25) is 4.90 Å². The molecule has 3 nitrogen and oxygen atoms in total. The molecular formula is C19H25N3. The van der Waals surface area contributed by atoms with Gasteiger partial charge >= 0.3 is 0 Å². The second-order valence-corrected chi connectivity index (χ2v) is 6.28. The van der Waals surface area contributed by atoms with Gasteiger partial charge in [0.15, 0.2) is 0 Å². The van der Waals surface area contributed by atoms with Gasteiger partial charge in [-0.2, -0.15) is 0 Å². The fraction of sp³-hybridized carbons (Fsp3) is 0.421. The summed E-state index contributed by atoms with van der Waals surface area (Å²) in [6.07, 6.45) is 5.71. The summed E-state index contributed by atoms with van der Waals surface area (Å²) in [4.78, 5) is 9.34. The summed E-state index contributed by atoms with van der Waals surface area (Å²) in [7, 11) is 4.16. The van der Waals surface area contributed by atoms with Crippen molar-refractivity contribution >= 4 is 5.82 Å². The third kappa shape index (κ3) is 3.30. The molecule has 1 saturated heterocycles. The quantitative estimate of drug-likeness (QED) is 0.853. The minimum Gasteiger partial charge on any atom is -0.362 e. The Labute approximate surface area is 133 Å². The summed E-state index contributed by atoms with van der Waals surface area (Å²) < 4.78 is 0. The Hall–Kier alpha value is -1.87. The standard InChI is InChI=1S/C19H25N3/c1-21(2)19-17(11-8-13-20-19)18-12-6-7-14-22(18)15-16-9-4-3-5-10-16/h3-5,8-11,13,18H,6-7,12,14-15H2,1-2H3. The summed E-state index contributed by atoms with van der Waals surface area (Å²) >= 11 is 0. The number of hydrogen-bond donors (Lipinski definition) is 0. The summed E-state index contributed by atoms with van der Waals surface area (Å²) in [6.45, 7) is 2.19. The maximum atomic E-state index is 4.59. The number of pyridine rings is 1. The molecule has 1 fully saturated rings. The maximum absolute atomic E-state index is 4.59. The first kappa shape index (κ1) is 15.0. The summed E-state index contributed by atoms with van der Waals surface area (Å²) in [5, 5.41) is 0. The normalized spacial score (nSPS) is 19.1. The molecule has 1 unspecified atom stereocenters. The van der Waals surface area contributed by atoms with Crippen LogP contribution in [0.3, 0.4) is 0 Å². The van der Waals surface area contributed by atoms with Crippen LogP contribution in [-0.4, -0.2) is 30.5 Å². The van der Waals surface area contributed by atoms with Gasteiger partial charge in [0.05, 0.1) is 0 Å². The lowest BCUT2D eigenvalue weighted by atomic mass is 9.94. The molecule has 3 heteroatoms. The van der Waals surface area contributed by atoms with Crippen LogP contribution in [0.5, 0.6) is 0 Å². The predicted molar refractivity (Wildman–Crippen MR) is 92.0 cm³/mol. The summed E-state index contributed by atoms with van der Waals surface area (Å²) in [5.41, 5.74) is 2.76. The van der Waals surface area contributed by atoms with Crippen molar-refractivity contribution in [2.24, 2.45) is 0 Å². The molecule has 1 aromatic carbocycles. The molecule has 0 N–H and O–H groups in total. The van der Waals surface area contributed by atoms with E-state index in [2.05, 4.69) is 71.3 Å². The number of hydrogen-bond acceptors (Lipinski definition) is 3. The molecule has 2 aromatic rings. The van der Waals surface area contributed by atoms with Gasteiger partial charge in [0.2, 0.25) is 0 Å². The van der Waals surface area contributed by atoms with Crippen LogP contribution in [0.1, 0.15) is 36.4 Å². The van der Waals surface area contributed by atoms with Crippen molar-refractivity contribution in [1.29, 1.82) is 0 Å². The van der Waals surface area contributed by atoms with E-state index in [4.69, 9.17) is 0 Å². The molecule has 1 aliphatic heterocycles. The van der Waals surface area contributed by atoms with Crippen molar-refractivity contribution < 1.29 is 0 Å². The zero-order valence-electron chi connectivity index (χ0n) is 13.6. The maximum Gasteiger partial charge on any atom is 0.132 e. The van der Waals surface area contributed by atoms with E-state index in [0.29, 0.717) is 6.04 Å². The number of nitrogens with zero attached hydrogens (tertiary/aromatic N) is 3.